The van der Waals surface area contributed by atoms with Crippen molar-refractivity contribution in [2.75, 3.05) is 7.11 Å². The van der Waals surface area contributed by atoms with Crippen LogP contribution in [0, 0.1) is 17.3 Å². The number of ether oxygens (including phenoxy) is 1. The highest BCUT2D eigenvalue weighted by Gasteiger charge is 2.57. The molecule has 0 heterocycles. The molecule has 0 saturated heterocycles. The Hall–Kier alpha value is -2.03. The van der Waals surface area contributed by atoms with Crippen LogP contribution >= 0.6 is 0 Å². The van der Waals surface area contributed by atoms with Crippen molar-refractivity contribution in [1.29, 1.82) is 0 Å². The Morgan fingerprint density at radius 3 is 2.63 bits per heavy atom. The van der Waals surface area contributed by atoms with Crippen molar-refractivity contribution in [1.82, 2.24) is 0 Å². The minimum Gasteiger partial charge on any atom is -0.497 e. The number of Topliss-reactive ketones (excluding diaryl/α,β-unsaturated/α-hetero) is 1. The van der Waals surface area contributed by atoms with E-state index in [1.165, 1.54) is 11.1 Å². The van der Waals surface area contributed by atoms with Crippen LogP contribution in [0.1, 0.15) is 49.7 Å². The van der Waals surface area contributed by atoms with E-state index in [2.05, 4.69) is 10.2 Å². The Kier molecular flexibility index (Phi) is 4.95. The lowest BCUT2D eigenvalue weighted by atomic mass is 9.55. The summed E-state index contributed by atoms with van der Waals surface area (Å²) in [7, 11) is -4.15. The van der Waals surface area contributed by atoms with E-state index in [-0.39, 0.29) is 35.5 Å². The number of fused-ring (bicyclic) bond motifs is 5. The van der Waals surface area contributed by atoms with E-state index in [0.717, 1.165) is 25.0 Å². The van der Waals surface area contributed by atoms with E-state index >= 15 is 0 Å². The molecule has 2 fully saturated rings. The van der Waals surface area contributed by atoms with Gasteiger partial charge in [-0.2, -0.15) is 21.6 Å². The Balaban J connectivity index is 1.61. The summed E-state index contributed by atoms with van der Waals surface area (Å²) in [6.45, 7) is 1.85. The monoisotopic (exact) mass is 444 g/mol. The zero-order valence-corrected chi connectivity index (χ0v) is 17.5. The zero-order valence-electron chi connectivity index (χ0n) is 16.7. The van der Waals surface area contributed by atoms with Crippen molar-refractivity contribution in [3.8, 4) is 5.75 Å². The van der Waals surface area contributed by atoms with E-state index < -0.39 is 21.0 Å². The molecule has 0 amide bonds. The number of hydrogen-bond acceptors (Lipinski definition) is 5. The first-order chi connectivity index (χ1) is 14.0. The van der Waals surface area contributed by atoms with Crippen molar-refractivity contribution >= 4 is 15.9 Å². The molecule has 0 radical (unpaired) electrons. The van der Waals surface area contributed by atoms with Crippen molar-refractivity contribution in [2.45, 2.75) is 50.5 Å². The second-order valence-corrected chi connectivity index (χ2v) is 10.2. The van der Waals surface area contributed by atoms with Crippen LogP contribution in [0.5, 0.6) is 5.75 Å². The fourth-order valence-corrected chi connectivity index (χ4v) is 5.99. The van der Waals surface area contributed by atoms with Crippen LogP contribution in [0.15, 0.2) is 30.0 Å². The van der Waals surface area contributed by atoms with Gasteiger partial charge in [-0.1, -0.05) is 13.0 Å². The van der Waals surface area contributed by atoms with Gasteiger partial charge in [0.1, 0.15) is 12.0 Å². The predicted octanol–water partition coefficient (Wildman–Crippen LogP) is 4.48. The highest BCUT2D eigenvalue weighted by molar-refractivity contribution is 7.87. The average molecular weight is 444 g/mol. The molecule has 5 nitrogen and oxygen atoms in total. The Bertz CT molecular complexity index is 1010. The summed E-state index contributed by atoms with van der Waals surface area (Å²) in [5, 5.41) is 0. The fourth-order valence-electron chi connectivity index (χ4n) is 5.64. The second-order valence-electron chi connectivity index (χ2n) is 8.61. The first-order valence-corrected chi connectivity index (χ1v) is 11.3. The number of carbonyl (C=O) groups excluding carboxylic acids is 1. The third-order valence-corrected chi connectivity index (χ3v) is 8.09. The molecule has 1 aromatic rings. The number of benzene rings is 1. The second kappa shape index (κ2) is 7.00. The minimum atomic E-state index is -5.77. The highest BCUT2D eigenvalue weighted by Crippen LogP contribution is 2.60. The molecule has 3 aliphatic carbocycles. The minimum absolute atomic E-state index is 0.0245. The van der Waals surface area contributed by atoms with Gasteiger partial charge in [0.2, 0.25) is 0 Å². The summed E-state index contributed by atoms with van der Waals surface area (Å²) in [5.74, 6) is 0.923. The number of methoxy groups -OCH3 is 1. The van der Waals surface area contributed by atoms with Crippen LogP contribution in [0.3, 0.4) is 0 Å². The summed E-state index contributed by atoms with van der Waals surface area (Å²) in [5.41, 5.74) is -3.73. The van der Waals surface area contributed by atoms with Crippen LogP contribution < -0.4 is 4.74 Å². The molecule has 9 heteroatoms. The normalized spacial score (nSPS) is 32.4. The Labute approximate surface area is 173 Å². The van der Waals surface area contributed by atoms with Gasteiger partial charge in [0.15, 0.2) is 5.78 Å². The average Bonchev–Trinajstić information content (AvgIpc) is 2.95. The third-order valence-electron chi connectivity index (χ3n) is 7.17. The van der Waals surface area contributed by atoms with Gasteiger partial charge in [-0.25, -0.2) is 0 Å². The number of halogens is 3. The van der Waals surface area contributed by atoms with Crippen LogP contribution in [0.25, 0.3) is 0 Å². The van der Waals surface area contributed by atoms with Gasteiger partial charge >= 0.3 is 15.6 Å². The van der Waals surface area contributed by atoms with Crippen molar-refractivity contribution in [3.63, 3.8) is 0 Å². The molecule has 164 valence electrons. The molecule has 2 saturated carbocycles. The lowest BCUT2D eigenvalue weighted by Crippen LogP contribution is -2.42. The van der Waals surface area contributed by atoms with Gasteiger partial charge in [0.25, 0.3) is 0 Å². The highest BCUT2D eigenvalue weighted by atomic mass is 32.2. The van der Waals surface area contributed by atoms with E-state index in [4.69, 9.17) is 4.74 Å². The summed E-state index contributed by atoms with van der Waals surface area (Å²) in [6.07, 6.45) is 3.85. The van der Waals surface area contributed by atoms with E-state index in [9.17, 15) is 26.4 Å². The smallest absolute Gasteiger partial charge is 0.497 e. The van der Waals surface area contributed by atoms with E-state index in [1.54, 1.807) is 7.11 Å². The molecule has 0 bridgehead atoms. The molecule has 0 aromatic heterocycles. The largest absolute Gasteiger partial charge is 0.534 e. The predicted molar refractivity (Wildman–Crippen MR) is 102 cm³/mol. The molecule has 30 heavy (non-hydrogen) atoms. The number of aryl methyl sites for hydroxylation is 1. The molecule has 0 aliphatic heterocycles. The van der Waals surface area contributed by atoms with Crippen LogP contribution in [-0.4, -0.2) is 26.8 Å². The molecular formula is C21H23F3O5S. The first-order valence-electron chi connectivity index (χ1n) is 9.88. The molecule has 0 unspecified atom stereocenters. The van der Waals surface area contributed by atoms with E-state index in [0.29, 0.717) is 12.7 Å². The van der Waals surface area contributed by atoms with Gasteiger partial charge in [0.05, 0.1) is 7.11 Å². The van der Waals surface area contributed by atoms with Gasteiger partial charge < -0.3 is 8.92 Å². The van der Waals surface area contributed by atoms with Crippen LogP contribution in [-0.2, 0) is 25.5 Å². The molecule has 0 spiro atoms. The standard InChI is InChI=1S/C21H23F3O5S/c1-20-8-7-16-15-6-4-14(28-2)9-12(15)3-5-17(16)18(20)10-13(19(20)25)11-29-30(26,27)21(22,23)24/h4,6,9,11,16-18H,3,5,7-8,10H2,1-2H3/b13-11+/t16-,17-,18+,20-/m1/s1. The van der Waals surface area contributed by atoms with Gasteiger partial charge in [-0.05, 0) is 73.1 Å². The summed E-state index contributed by atoms with van der Waals surface area (Å²) in [6, 6.07) is 6.04. The SMILES string of the molecule is COc1ccc2c(c1)CC[C@@H]1[C@@H]2CC[C@@]2(C)C(=O)/C(=C/OS(=O)(=O)C(F)(F)F)C[C@@H]12. The first kappa shape index (κ1) is 21.2. The lowest BCUT2D eigenvalue weighted by molar-refractivity contribution is -0.127. The summed E-state index contributed by atoms with van der Waals surface area (Å²) >= 11 is 0. The molecule has 3 aliphatic rings. The maximum Gasteiger partial charge on any atom is 0.534 e. The number of rotatable bonds is 3. The molecule has 4 rings (SSSR count). The number of hydrogen-bond donors (Lipinski definition) is 0. The van der Waals surface area contributed by atoms with Crippen LogP contribution in [0.4, 0.5) is 13.2 Å². The molecular weight excluding hydrogens is 421 g/mol. The quantitative estimate of drug-likeness (QED) is 0.298. The van der Waals surface area contributed by atoms with Gasteiger partial charge in [0, 0.05) is 11.0 Å². The number of allylic oxidation sites excluding steroid dienone is 1. The third kappa shape index (κ3) is 3.21. The van der Waals surface area contributed by atoms with Crippen molar-refractivity contribution in [3.05, 3.63) is 41.2 Å². The lowest BCUT2D eigenvalue weighted by Gasteiger charge is -2.48. The Morgan fingerprint density at radius 1 is 1.23 bits per heavy atom. The topological polar surface area (TPSA) is 69.7 Å². The van der Waals surface area contributed by atoms with Crippen molar-refractivity contribution in [2.24, 2.45) is 17.3 Å². The Morgan fingerprint density at radius 2 is 1.97 bits per heavy atom. The number of alkyl halides is 3. The van der Waals surface area contributed by atoms with Crippen LogP contribution in [0.2, 0.25) is 0 Å². The number of ketones is 1. The maximum absolute atomic E-state index is 13.0. The zero-order chi connectivity index (χ0) is 21.9. The summed E-state index contributed by atoms with van der Waals surface area (Å²) < 4.78 is 69.5. The van der Waals surface area contributed by atoms with Crippen molar-refractivity contribution < 1.29 is 35.3 Å². The molecule has 0 N–H and O–H groups in total. The fraction of sp³-hybridized carbons (Fsp3) is 0.571. The molecule has 1 aromatic carbocycles. The van der Waals surface area contributed by atoms with Gasteiger partial charge in [-0.15, -0.1) is 0 Å². The van der Waals surface area contributed by atoms with Gasteiger partial charge in [-0.3, -0.25) is 4.79 Å². The molecule has 4 atom stereocenters. The maximum atomic E-state index is 13.0. The van der Waals surface area contributed by atoms with E-state index in [1.807, 2.05) is 19.1 Å². The number of carbonyl (C=O) groups is 1. The summed E-state index contributed by atoms with van der Waals surface area (Å²) in [4.78, 5) is 13.0.